The third kappa shape index (κ3) is 9.16. The SMILES string of the molecule is CC(C)(c1ccc(Oc2ccc(NOCc3ccccc3C(=O)O)cc2)cc1)c1ccc(Oc2ccc(NC(=O)c3ccc([N+](=O)[O-])cc3C(=O)O)cc2)cc1. The van der Waals surface area contributed by atoms with Gasteiger partial charge in [0.05, 0.1) is 27.3 Å². The Hall–Kier alpha value is -7.51. The number of anilines is 2. The molecule has 0 fully saturated rings. The molecule has 0 bridgehead atoms. The third-order valence-corrected chi connectivity index (χ3v) is 8.94. The summed E-state index contributed by atoms with van der Waals surface area (Å²) in [5.74, 6) is -0.795. The summed E-state index contributed by atoms with van der Waals surface area (Å²) in [6, 6.07) is 38.9. The molecule has 0 spiro atoms. The van der Waals surface area contributed by atoms with Crippen molar-refractivity contribution in [2.75, 3.05) is 10.8 Å². The van der Waals surface area contributed by atoms with E-state index < -0.39 is 34.0 Å². The highest BCUT2D eigenvalue weighted by atomic mass is 16.6. The van der Waals surface area contributed by atoms with Crippen LogP contribution in [0.1, 0.15) is 61.6 Å². The van der Waals surface area contributed by atoms with Gasteiger partial charge in [-0.25, -0.2) is 9.59 Å². The van der Waals surface area contributed by atoms with Gasteiger partial charge in [-0.05, 0) is 102 Å². The number of non-ortho nitro benzene ring substituents is 1. The molecule has 0 radical (unpaired) electrons. The van der Waals surface area contributed by atoms with Gasteiger partial charge >= 0.3 is 11.9 Å². The summed E-state index contributed by atoms with van der Waals surface area (Å²) in [4.78, 5) is 51.6. The van der Waals surface area contributed by atoms with Crippen LogP contribution in [-0.4, -0.2) is 33.0 Å². The van der Waals surface area contributed by atoms with E-state index >= 15 is 0 Å². The first-order valence-electron chi connectivity index (χ1n) is 17.2. The molecule has 6 aromatic carbocycles. The number of nitrogens with zero attached hydrogens (tertiary/aromatic N) is 1. The lowest BCUT2D eigenvalue weighted by Crippen LogP contribution is -2.18. The number of benzene rings is 6. The van der Waals surface area contributed by atoms with Gasteiger partial charge < -0.3 is 25.0 Å². The number of nitro groups is 1. The van der Waals surface area contributed by atoms with E-state index in [4.69, 9.17) is 14.3 Å². The number of hydrogen-bond donors (Lipinski definition) is 4. The quantitative estimate of drug-likeness (QED) is 0.0578. The molecule has 1 amide bonds. The van der Waals surface area contributed by atoms with E-state index in [0.717, 1.165) is 29.3 Å². The molecule has 4 N–H and O–H groups in total. The number of carbonyl (C=O) groups is 3. The highest BCUT2D eigenvalue weighted by Crippen LogP contribution is 2.35. The number of rotatable bonds is 15. The molecule has 0 aliphatic heterocycles. The maximum Gasteiger partial charge on any atom is 0.336 e. The number of carboxylic acids is 2. The molecule has 0 heterocycles. The molecule has 0 saturated heterocycles. The van der Waals surface area contributed by atoms with Gasteiger partial charge in [-0.15, -0.1) is 0 Å². The minimum absolute atomic E-state index is 0.0811. The van der Waals surface area contributed by atoms with Crippen LogP contribution in [0.25, 0.3) is 0 Å². The molecule has 6 rings (SSSR count). The monoisotopic (exact) mass is 753 g/mol. The molecule has 0 atom stereocenters. The van der Waals surface area contributed by atoms with Crippen molar-refractivity contribution in [1.29, 1.82) is 0 Å². The van der Waals surface area contributed by atoms with Crippen LogP contribution in [0.4, 0.5) is 17.1 Å². The maximum atomic E-state index is 12.8. The highest BCUT2D eigenvalue weighted by Gasteiger charge is 2.24. The van der Waals surface area contributed by atoms with Crippen molar-refractivity contribution >= 4 is 34.9 Å². The topological polar surface area (TPSA) is 187 Å². The smallest absolute Gasteiger partial charge is 0.336 e. The van der Waals surface area contributed by atoms with Gasteiger partial charge in [0.1, 0.15) is 29.6 Å². The first-order chi connectivity index (χ1) is 26.9. The van der Waals surface area contributed by atoms with Crippen LogP contribution < -0.4 is 20.3 Å². The Labute approximate surface area is 320 Å². The Balaban J connectivity index is 1.01. The van der Waals surface area contributed by atoms with Crippen LogP contribution in [-0.2, 0) is 16.9 Å². The minimum atomic E-state index is -1.46. The van der Waals surface area contributed by atoms with Gasteiger partial charge in [-0.3, -0.25) is 25.2 Å². The molecule has 0 aliphatic carbocycles. The first kappa shape index (κ1) is 38.2. The number of nitrogens with one attached hydrogen (secondary N) is 2. The number of amides is 1. The minimum Gasteiger partial charge on any atom is -0.478 e. The van der Waals surface area contributed by atoms with Crippen molar-refractivity contribution < 1.29 is 43.8 Å². The summed E-state index contributed by atoms with van der Waals surface area (Å²) in [5.41, 5.74) is 5.30. The van der Waals surface area contributed by atoms with Gasteiger partial charge in [0, 0.05) is 23.2 Å². The van der Waals surface area contributed by atoms with Crippen molar-refractivity contribution in [3.63, 3.8) is 0 Å². The van der Waals surface area contributed by atoms with Gasteiger partial charge in [-0.2, -0.15) is 0 Å². The van der Waals surface area contributed by atoms with Crippen molar-refractivity contribution in [3.8, 4) is 23.0 Å². The van der Waals surface area contributed by atoms with Crippen LogP contribution >= 0.6 is 0 Å². The standard InChI is InChI=1S/C43H35N3O10/c1-43(2,29-9-18-34(19-10-29)56-36-22-13-31(14-23-36)45-54-26-27-5-3-4-6-37(27)41(48)49)28-7-16-33(17-8-28)55-35-20-11-30(12-21-35)44-40(47)38-24-15-32(46(52)53)25-39(38)42(50)51/h3-25,45H,26H2,1-2H3,(H,44,47)(H,48,49)(H,50,51). The van der Waals surface area contributed by atoms with Crippen LogP contribution in [0.15, 0.2) is 140 Å². The van der Waals surface area contributed by atoms with Crippen molar-refractivity contribution in [1.82, 2.24) is 0 Å². The number of hydrogen-bond acceptors (Lipinski definition) is 9. The average Bonchev–Trinajstić information content (AvgIpc) is 3.19. The van der Waals surface area contributed by atoms with E-state index in [9.17, 15) is 34.7 Å². The number of carbonyl (C=O) groups excluding carboxylic acids is 1. The summed E-state index contributed by atoms with van der Waals surface area (Å²) in [6.07, 6.45) is 0. The molecule has 13 nitrogen and oxygen atoms in total. The van der Waals surface area contributed by atoms with E-state index in [1.54, 1.807) is 66.7 Å². The molecule has 282 valence electrons. The lowest BCUT2D eigenvalue weighted by atomic mass is 9.78. The van der Waals surface area contributed by atoms with E-state index in [-0.39, 0.29) is 23.1 Å². The lowest BCUT2D eigenvalue weighted by Gasteiger charge is -2.26. The van der Waals surface area contributed by atoms with Crippen molar-refractivity contribution in [2.24, 2.45) is 0 Å². The maximum absolute atomic E-state index is 12.8. The Morgan fingerprint density at radius 2 is 1.11 bits per heavy atom. The molecule has 0 unspecified atom stereocenters. The van der Waals surface area contributed by atoms with E-state index in [2.05, 4.69) is 24.6 Å². The molecule has 6 aromatic rings. The third-order valence-electron chi connectivity index (χ3n) is 8.94. The summed E-state index contributed by atoms with van der Waals surface area (Å²) in [5, 5.41) is 32.4. The predicted octanol–water partition coefficient (Wildman–Crippen LogP) is 9.70. The first-order valence-corrected chi connectivity index (χ1v) is 17.2. The van der Waals surface area contributed by atoms with Gasteiger partial charge in [0.2, 0.25) is 0 Å². The van der Waals surface area contributed by atoms with Gasteiger partial charge in [0.25, 0.3) is 11.6 Å². The zero-order valence-electron chi connectivity index (χ0n) is 30.1. The van der Waals surface area contributed by atoms with E-state index in [1.165, 1.54) is 6.07 Å². The summed E-state index contributed by atoms with van der Waals surface area (Å²) >= 11 is 0. The molecule has 0 aliphatic rings. The Morgan fingerprint density at radius 1 is 0.625 bits per heavy atom. The normalized spacial score (nSPS) is 11.0. The Bertz CT molecular complexity index is 2380. The summed E-state index contributed by atoms with van der Waals surface area (Å²) in [6.45, 7) is 4.32. The number of ether oxygens (including phenoxy) is 2. The molecule has 56 heavy (non-hydrogen) atoms. The number of carboxylic acid groups (broad SMARTS) is 2. The fraction of sp³-hybridized carbons (Fsp3) is 0.0930. The average molecular weight is 754 g/mol. The largest absolute Gasteiger partial charge is 0.478 e. The van der Waals surface area contributed by atoms with Crippen molar-refractivity contribution in [2.45, 2.75) is 25.9 Å². The van der Waals surface area contributed by atoms with Crippen LogP contribution in [0, 0.1) is 10.1 Å². The van der Waals surface area contributed by atoms with E-state index in [0.29, 0.717) is 39.9 Å². The molecule has 0 saturated carbocycles. The zero-order valence-corrected chi connectivity index (χ0v) is 30.1. The molecular formula is C43H35N3O10. The van der Waals surface area contributed by atoms with Crippen LogP contribution in [0.5, 0.6) is 23.0 Å². The van der Waals surface area contributed by atoms with E-state index in [1.807, 2.05) is 48.5 Å². The van der Waals surface area contributed by atoms with Gasteiger partial charge in [-0.1, -0.05) is 56.3 Å². The molecular weight excluding hydrogens is 718 g/mol. The van der Waals surface area contributed by atoms with Gasteiger partial charge in [0.15, 0.2) is 0 Å². The second-order valence-electron chi connectivity index (χ2n) is 13.0. The lowest BCUT2D eigenvalue weighted by molar-refractivity contribution is -0.384. The summed E-state index contributed by atoms with van der Waals surface area (Å²) in [7, 11) is 0. The van der Waals surface area contributed by atoms with Crippen LogP contribution in [0.3, 0.4) is 0 Å². The second-order valence-corrected chi connectivity index (χ2v) is 13.0. The fourth-order valence-electron chi connectivity index (χ4n) is 5.79. The predicted molar refractivity (Wildman–Crippen MR) is 208 cm³/mol. The Morgan fingerprint density at radius 3 is 1.61 bits per heavy atom. The fourth-order valence-corrected chi connectivity index (χ4v) is 5.79. The second kappa shape index (κ2) is 16.7. The zero-order chi connectivity index (χ0) is 39.8. The highest BCUT2D eigenvalue weighted by molar-refractivity contribution is 6.11. The molecule has 0 aromatic heterocycles. The Kier molecular flexibility index (Phi) is 11.4. The number of aromatic carboxylic acids is 2. The molecule has 13 heteroatoms. The van der Waals surface area contributed by atoms with Crippen molar-refractivity contribution in [3.05, 3.63) is 183 Å². The summed E-state index contributed by atoms with van der Waals surface area (Å²) < 4.78 is 12.1. The number of nitro benzene ring substituents is 1. The van der Waals surface area contributed by atoms with Crippen LogP contribution in [0.2, 0.25) is 0 Å².